The Labute approximate surface area is 169 Å². The largest absolute Gasteiger partial charge is 0.497 e. The summed E-state index contributed by atoms with van der Waals surface area (Å²) in [5, 5.41) is 10.9. The van der Waals surface area contributed by atoms with Gasteiger partial charge in [-0.05, 0) is 54.8 Å². The van der Waals surface area contributed by atoms with Crippen molar-refractivity contribution < 1.29 is 14.2 Å². The highest BCUT2D eigenvalue weighted by molar-refractivity contribution is 5.55. The zero-order chi connectivity index (χ0) is 20.3. The van der Waals surface area contributed by atoms with Gasteiger partial charge in [0.15, 0.2) is 5.82 Å². The number of likely N-dealkylation sites (tertiary alicyclic amines) is 1. The number of ether oxygens (including phenoxy) is 1. The molecular formula is C23H24FN3O2. The molecule has 1 fully saturated rings. The van der Waals surface area contributed by atoms with Gasteiger partial charge in [0.05, 0.1) is 12.7 Å². The zero-order valence-corrected chi connectivity index (χ0v) is 16.4. The summed E-state index contributed by atoms with van der Waals surface area (Å²) in [5.41, 5.74) is 1.87. The smallest absolute Gasteiger partial charge is 0.159 e. The van der Waals surface area contributed by atoms with Gasteiger partial charge < -0.3 is 9.84 Å². The molecule has 0 spiro atoms. The van der Waals surface area contributed by atoms with E-state index >= 15 is 0 Å². The fraction of sp³-hybridized carbons (Fsp3) is 0.304. The van der Waals surface area contributed by atoms with Crippen LogP contribution in [0.5, 0.6) is 5.75 Å². The van der Waals surface area contributed by atoms with Gasteiger partial charge in [0.1, 0.15) is 11.6 Å². The summed E-state index contributed by atoms with van der Waals surface area (Å²) < 4.78 is 18.3. The second-order valence-electron chi connectivity index (χ2n) is 7.46. The van der Waals surface area contributed by atoms with Gasteiger partial charge in [-0.2, -0.15) is 0 Å². The summed E-state index contributed by atoms with van der Waals surface area (Å²) in [5.74, 6) is 1.20. The van der Waals surface area contributed by atoms with Crippen molar-refractivity contribution in [3.05, 3.63) is 77.9 Å². The minimum Gasteiger partial charge on any atom is -0.497 e. The Balaban J connectivity index is 1.36. The number of hydrogen-bond acceptors (Lipinski definition) is 5. The van der Waals surface area contributed by atoms with Gasteiger partial charge in [0.2, 0.25) is 0 Å². The third kappa shape index (κ3) is 4.44. The van der Waals surface area contributed by atoms with Crippen LogP contribution in [0.15, 0.2) is 60.9 Å². The molecule has 1 N–H and O–H groups in total. The van der Waals surface area contributed by atoms with Crippen LogP contribution in [-0.2, 0) is 12.1 Å². The number of benzene rings is 2. The van der Waals surface area contributed by atoms with Crippen molar-refractivity contribution in [2.24, 2.45) is 0 Å². The molecule has 5 nitrogen and oxygen atoms in total. The van der Waals surface area contributed by atoms with E-state index in [2.05, 4.69) is 14.9 Å². The lowest BCUT2D eigenvalue weighted by atomic mass is 9.84. The van der Waals surface area contributed by atoms with E-state index in [0.717, 1.165) is 42.1 Å². The average Bonchev–Trinajstić information content (AvgIpc) is 2.76. The van der Waals surface area contributed by atoms with Gasteiger partial charge in [0.25, 0.3) is 0 Å². The van der Waals surface area contributed by atoms with Gasteiger partial charge in [-0.25, -0.2) is 14.4 Å². The molecule has 2 heterocycles. The van der Waals surface area contributed by atoms with E-state index in [1.165, 1.54) is 12.1 Å². The fourth-order valence-electron chi connectivity index (χ4n) is 3.71. The Kier molecular flexibility index (Phi) is 5.56. The lowest BCUT2D eigenvalue weighted by Crippen LogP contribution is -2.42. The number of methoxy groups -OCH3 is 1. The highest BCUT2D eigenvalue weighted by atomic mass is 19.1. The first-order valence-electron chi connectivity index (χ1n) is 9.72. The Morgan fingerprint density at radius 1 is 1.00 bits per heavy atom. The van der Waals surface area contributed by atoms with Crippen LogP contribution in [0.1, 0.15) is 24.0 Å². The molecule has 1 saturated heterocycles. The van der Waals surface area contributed by atoms with Crippen molar-refractivity contribution in [2.75, 3.05) is 20.2 Å². The zero-order valence-electron chi connectivity index (χ0n) is 16.4. The van der Waals surface area contributed by atoms with Crippen LogP contribution in [0.2, 0.25) is 0 Å². The van der Waals surface area contributed by atoms with Crippen molar-refractivity contribution in [3.8, 4) is 17.1 Å². The summed E-state index contributed by atoms with van der Waals surface area (Å²) in [7, 11) is 1.64. The van der Waals surface area contributed by atoms with Gasteiger partial charge in [-0.1, -0.05) is 12.1 Å². The molecule has 3 aromatic rings. The summed E-state index contributed by atoms with van der Waals surface area (Å²) >= 11 is 0. The molecule has 0 bridgehead atoms. The van der Waals surface area contributed by atoms with E-state index < -0.39 is 5.60 Å². The first-order valence-corrected chi connectivity index (χ1v) is 9.72. The van der Waals surface area contributed by atoms with Gasteiger partial charge in [-0.15, -0.1) is 0 Å². The number of nitrogens with zero attached hydrogens (tertiary/aromatic N) is 3. The van der Waals surface area contributed by atoms with Crippen LogP contribution >= 0.6 is 0 Å². The first-order chi connectivity index (χ1) is 14.1. The number of halogens is 1. The highest BCUT2D eigenvalue weighted by Gasteiger charge is 2.33. The number of rotatable bonds is 5. The summed E-state index contributed by atoms with van der Waals surface area (Å²) in [6.07, 6.45) is 4.94. The second kappa shape index (κ2) is 8.27. The Bertz CT molecular complexity index is 935. The maximum atomic E-state index is 13.1. The van der Waals surface area contributed by atoms with Crippen LogP contribution in [0.25, 0.3) is 11.4 Å². The summed E-state index contributed by atoms with van der Waals surface area (Å²) in [6.45, 7) is 2.25. The Morgan fingerprint density at radius 2 is 1.62 bits per heavy atom. The standard InChI is InChI=1S/C23H24FN3O2/c1-29-21-8-2-18(3-9-21)22-25-14-17(15-26-22)16-27-12-10-23(28,11-13-27)19-4-6-20(24)7-5-19/h2-9,14-15,28H,10-13,16H2,1H3. The van der Waals surface area contributed by atoms with Crippen molar-refractivity contribution in [1.29, 1.82) is 0 Å². The molecule has 150 valence electrons. The molecule has 0 unspecified atom stereocenters. The number of piperidine rings is 1. The Morgan fingerprint density at radius 3 is 2.21 bits per heavy atom. The van der Waals surface area contributed by atoms with E-state index in [1.807, 2.05) is 36.7 Å². The van der Waals surface area contributed by atoms with E-state index in [-0.39, 0.29) is 5.82 Å². The molecule has 0 saturated carbocycles. The van der Waals surface area contributed by atoms with Crippen molar-refractivity contribution >= 4 is 0 Å². The van der Waals surface area contributed by atoms with Crippen LogP contribution < -0.4 is 4.74 Å². The molecule has 0 radical (unpaired) electrons. The molecule has 1 aliphatic heterocycles. The molecule has 0 atom stereocenters. The molecular weight excluding hydrogens is 369 g/mol. The molecule has 2 aromatic carbocycles. The third-order valence-corrected chi connectivity index (χ3v) is 5.52. The van der Waals surface area contributed by atoms with Crippen molar-refractivity contribution in [2.45, 2.75) is 25.0 Å². The van der Waals surface area contributed by atoms with E-state index in [1.54, 1.807) is 19.2 Å². The minimum absolute atomic E-state index is 0.284. The SMILES string of the molecule is COc1ccc(-c2ncc(CN3CCC(O)(c4ccc(F)cc4)CC3)cn2)cc1. The van der Waals surface area contributed by atoms with Crippen molar-refractivity contribution in [3.63, 3.8) is 0 Å². The van der Waals surface area contributed by atoms with Crippen LogP contribution in [0, 0.1) is 5.82 Å². The van der Waals surface area contributed by atoms with E-state index in [4.69, 9.17) is 4.74 Å². The molecule has 1 aliphatic rings. The van der Waals surface area contributed by atoms with Crippen molar-refractivity contribution in [1.82, 2.24) is 14.9 Å². The lowest BCUT2D eigenvalue weighted by molar-refractivity contribution is -0.0278. The summed E-state index contributed by atoms with van der Waals surface area (Å²) in [6, 6.07) is 13.8. The molecule has 6 heteroatoms. The average molecular weight is 393 g/mol. The molecule has 0 amide bonds. The molecule has 0 aliphatic carbocycles. The van der Waals surface area contributed by atoms with Crippen LogP contribution in [-0.4, -0.2) is 40.2 Å². The van der Waals surface area contributed by atoms with E-state index in [9.17, 15) is 9.50 Å². The third-order valence-electron chi connectivity index (χ3n) is 5.52. The van der Waals surface area contributed by atoms with Gasteiger partial charge in [0, 0.05) is 43.2 Å². The molecule has 29 heavy (non-hydrogen) atoms. The number of aliphatic hydroxyl groups is 1. The second-order valence-corrected chi connectivity index (χ2v) is 7.46. The topological polar surface area (TPSA) is 58.5 Å². The lowest BCUT2D eigenvalue weighted by Gasteiger charge is -2.38. The molecule has 1 aromatic heterocycles. The van der Waals surface area contributed by atoms with Crippen LogP contribution in [0.4, 0.5) is 4.39 Å². The summed E-state index contributed by atoms with van der Waals surface area (Å²) in [4.78, 5) is 11.3. The number of aromatic nitrogens is 2. The van der Waals surface area contributed by atoms with Gasteiger partial charge >= 0.3 is 0 Å². The Hall–Kier alpha value is -2.83. The van der Waals surface area contributed by atoms with Gasteiger partial charge in [-0.3, -0.25) is 4.90 Å². The fourth-order valence-corrected chi connectivity index (χ4v) is 3.71. The first kappa shape index (κ1) is 19.5. The minimum atomic E-state index is -0.890. The monoisotopic (exact) mass is 393 g/mol. The normalized spacial score (nSPS) is 16.5. The molecule has 4 rings (SSSR count). The predicted molar refractivity (Wildman–Crippen MR) is 109 cm³/mol. The van der Waals surface area contributed by atoms with E-state index in [0.29, 0.717) is 18.7 Å². The maximum Gasteiger partial charge on any atom is 0.159 e. The predicted octanol–water partition coefficient (Wildman–Crippen LogP) is 3.77. The maximum absolute atomic E-state index is 13.1. The quantitative estimate of drug-likeness (QED) is 0.715. The number of hydrogen-bond donors (Lipinski definition) is 1. The highest BCUT2D eigenvalue weighted by Crippen LogP contribution is 2.33. The van der Waals surface area contributed by atoms with Crippen LogP contribution in [0.3, 0.4) is 0 Å².